The molecule has 23 heavy (non-hydrogen) atoms. The van der Waals surface area contributed by atoms with Gasteiger partial charge in [0.05, 0.1) is 0 Å². The first kappa shape index (κ1) is 21.5. The number of rotatable bonds is 13. The van der Waals surface area contributed by atoms with Gasteiger partial charge in [0.2, 0.25) is 0 Å². The van der Waals surface area contributed by atoms with Gasteiger partial charge in [-0.1, -0.05) is 0 Å². The van der Waals surface area contributed by atoms with Gasteiger partial charge >= 0.3 is 150 Å². The summed E-state index contributed by atoms with van der Waals surface area (Å²) >= 11 is -1.81. The van der Waals surface area contributed by atoms with E-state index in [1.807, 2.05) is 0 Å². The Hall–Kier alpha value is 0.503. The molecular formula is C21H44GeO. The third-order valence-electron chi connectivity index (χ3n) is 6.15. The predicted octanol–water partition coefficient (Wildman–Crippen LogP) is 7.57. The van der Waals surface area contributed by atoms with Crippen molar-refractivity contribution in [1.82, 2.24) is 0 Å². The minimum atomic E-state index is -1.81. The van der Waals surface area contributed by atoms with E-state index in [1.54, 1.807) is 15.8 Å². The van der Waals surface area contributed by atoms with Crippen molar-refractivity contribution in [3.05, 3.63) is 0 Å². The number of ether oxygens (including phenoxy) is 1. The van der Waals surface area contributed by atoms with Gasteiger partial charge in [-0.05, 0) is 0 Å². The molecule has 2 heteroatoms. The van der Waals surface area contributed by atoms with Crippen molar-refractivity contribution in [2.24, 2.45) is 0 Å². The molecule has 0 unspecified atom stereocenters. The number of unbranched alkanes of at least 4 members (excludes halogenated alkanes) is 4. The zero-order valence-corrected chi connectivity index (χ0v) is 18.8. The Balaban J connectivity index is 2.93. The molecule has 0 bridgehead atoms. The molecule has 0 N–H and O–H groups in total. The second-order valence-corrected chi connectivity index (χ2v) is 18.4. The van der Waals surface area contributed by atoms with E-state index in [9.17, 15) is 0 Å². The van der Waals surface area contributed by atoms with Gasteiger partial charge < -0.3 is 0 Å². The summed E-state index contributed by atoms with van der Waals surface area (Å²) in [4.78, 5) is 0. The fraction of sp³-hybridized carbons (Fsp3) is 1.00. The summed E-state index contributed by atoms with van der Waals surface area (Å²) in [5, 5.41) is 4.90. The Labute approximate surface area is 149 Å². The van der Waals surface area contributed by atoms with Crippen molar-refractivity contribution in [3.63, 3.8) is 0 Å². The summed E-state index contributed by atoms with van der Waals surface area (Å²) in [5.74, 6) is 0. The first-order valence-corrected chi connectivity index (χ1v) is 16.5. The first-order valence-electron chi connectivity index (χ1n) is 10.9. The molecule has 1 aliphatic rings. The molecule has 0 spiro atoms. The Kier molecular flexibility index (Phi) is 12.0. The summed E-state index contributed by atoms with van der Waals surface area (Å²) < 4.78 is 7.40. The van der Waals surface area contributed by atoms with Crippen LogP contribution in [0.3, 0.4) is 0 Å². The fourth-order valence-corrected chi connectivity index (χ4v) is 19.2. The summed E-state index contributed by atoms with van der Waals surface area (Å²) in [6.07, 6.45) is 16.2. The molecule has 0 amide bonds. The quantitative estimate of drug-likeness (QED) is 0.297. The average molecular weight is 385 g/mol. The third-order valence-corrected chi connectivity index (χ3v) is 19.3. The molecule has 2 atom stereocenters. The van der Waals surface area contributed by atoms with Crippen LogP contribution in [0.5, 0.6) is 0 Å². The normalized spacial score (nSPS) is 22.4. The Bertz CT molecular complexity index is 257. The van der Waals surface area contributed by atoms with Crippen molar-refractivity contribution in [3.8, 4) is 0 Å². The molecule has 1 aliphatic heterocycles. The monoisotopic (exact) mass is 386 g/mol. The van der Waals surface area contributed by atoms with Crippen molar-refractivity contribution >= 4 is 13.3 Å². The molecule has 0 radical (unpaired) electrons. The van der Waals surface area contributed by atoms with E-state index < -0.39 is 13.3 Å². The van der Waals surface area contributed by atoms with Crippen LogP contribution < -0.4 is 0 Å². The zero-order valence-electron chi connectivity index (χ0n) is 16.7. The maximum atomic E-state index is 6.39. The molecule has 1 rings (SSSR count). The maximum absolute atomic E-state index is 6.39. The molecule has 138 valence electrons. The van der Waals surface area contributed by atoms with Gasteiger partial charge in [0, 0.05) is 0 Å². The van der Waals surface area contributed by atoms with Gasteiger partial charge in [-0.2, -0.15) is 0 Å². The first-order chi connectivity index (χ1) is 11.2. The summed E-state index contributed by atoms with van der Waals surface area (Å²) in [6.45, 7) is 10.5. The van der Waals surface area contributed by atoms with Gasteiger partial charge in [-0.25, -0.2) is 0 Å². The van der Waals surface area contributed by atoms with Crippen LogP contribution >= 0.6 is 0 Å². The molecule has 0 aromatic rings. The minimum absolute atomic E-state index is 0.634. The predicted molar refractivity (Wildman–Crippen MR) is 107 cm³/mol. The topological polar surface area (TPSA) is 9.23 Å². The molecule has 0 aliphatic carbocycles. The van der Waals surface area contributed by atoms with Gasteiger partial charge in [0.15, 0.2) is 0 Å². The van der Waals surface area contributed by atoms with E-state index in [1.165, 1.54) is 70.6 Å². The molecule has 1 fully saturated rings. The van der Waals surface area contributed by atoms with Crippen LogP contribution in [0.15, 0.2) is 0 Å². The van der Waals surface area contributed by atoms with Crippen molar-refractivity contribution < 1.29 is 4.74 Å². The molecule has 1 nitrogen and oxygen atoms in total. The van der Waals surface area contributed by atoms with Crippen molar-refractivity contribution in [1.29, 1.82) is 0 Å². The molecule has 0 aromatic heterocycles. The van der Waals surface area contributed by atoms with Gasteiger partial charge in [0.1, 0.15) is 0 Å². The standard InChI is InChI=1S/C21H44GeO/c1-5-9-15-21-20(14-13-19-23-21)22(16-10-6-2,17-11-7-3)18-12-8-4/h20-21H,5-19H2,1-4H3/t20-,21+/m0/s1. The van der Waals surface area contributed by atoms with E-state index >= 15 is 0 Å². The Morgan fingerprint density at radius 1 is 0.783 bits per heavy atom. The Morgan fingerprint density at radius 3 is 1.78 bits per heavy atom. The zero-order chi connectivity index (χ0) is 17.0. The number of hydrogen-bond acceptors (Lipinski definition) is 1. The van der Waals surface area contributed by atoms with E-state index in [-0.39, 0.29) is 0 Å². The van der Waals surface area contributed by atoms with Crippen LogP contribution in [0.2, 0.25) is 20.5 Å². The van der Waals surface area contributed by atoms with Crippen molar-refractivity contribution in [2.45, 2.75) is 125 Å². The number of hydrogen-bond donors (Lipinski definition) is 0. The van der Waals surface area contributed by atoms with Gasteiger partial charge in [-0.3, -0.25) is 0 Å². The van der Waals surface area contributed by atoms with E-state index in [4.69, 9.17) is 4.74 Å². The SMILES string of the molecule is CCCC[C@H]1OCCC[C@@H]1[Ge]([CH2]CCC)([CH2]CCC)[CH2]CCC. The van der Waals surface area contributed by atoms with E-state index in [0.717, 1.165) is 11.4 Å². The van der Waals surface area contributed by atoms with E-state index in [0.29, 0.717) is 6.10 Å². The van der Waals surface area contributed by atoms with Crippen LogP contribution in [0.25, 0.3) is 0 Å². The van der Waals surface area contributed by atoms with Crippen LogP contribution in [-0.2, 0) is 4.74 Å². The van der Waals surface area contributed by atoms with E-state index in [2.05, 4.69) is 27.7 Å². The summed E-state index contributed by atoms with van der Waals surface area (Å²) in [7, 11) is 0. The van der Waals surface area contributed by atoms with Gasteiger partial charge in [0.25, 0.3) is 0 Å². The van der Waals surface area contributed by atoms with Crippen LogP contribution in [-0.4, -0.2) is 26.0 Å². The average Bonchev–Trinajstić information content (AvgIpc) is 2.60. The van der Waals surface area contributed by atoms with Crippen LogP contribution in [0, 0.1) is 0 Å². The summed E-state index contributed by atoms with van der Waals surface area (Å²) in [5.41, 5.74) is 0. The van der Waals surface area contributed by atoms with Crippen molar-refractivity contribution in [2.75, 3.05) is 6.61 Å². The fourth-order valence-electron chi connectivity index (χ4n) is 4.75. The second-order valence-electron chi connectivity index (χ2n) is 7.97. The third kappa shape index (κ3) is 7.10. The van der Waals surface area contributed by atoms with Gasteiger partial charge in [-0.15, -0.1) is 0 Å². The van der Waals surface area contributed by atoms with Crippen LogP contribution in [0.1, 0.15) is 98.3 Å². The molecular weight excluding hydrogens is 341 g/mol. The summed E-state index contributed by atoms with van der Waals surface area (Å²) in [6, 6.07) is 0. The molecule has 0 aromatic carbocycles. The van der Waals surface area contributed by atoms with Crippen LogP contribution in [0.4, 0.5) is 0 Å². The molecule has 1 heterocycles. The Morgan fingerprint density at radius 2 is 1.30 bits per heavy atom. The second kappa shape index (κ2) is 12.8. The molecule has 1 saturated heterocycles. The molecule has 0 saturated carbocycles.